The first-order valence-corrected chi connectivity index (χ1v) is 10.5. The number of aliphatic hydroxyl groups excluding tert-OH is 1. The minimum Gasteiger partial charge on any atom is -0.399 e. The number of anilines is 2. The summed E-state index contributed by atoms with van der Waals surface area (Å²) in [7, 11) is 0. The topological polar surface area (TPSA) is 108 Å². The molecule has 2 aliphatic heterocycles. The molecule has 0 radical (unpaired) electrons. The number of hydrogen-bond acceptors (Lipinski definition) is 5. The number of ether oxygens (including phenoxy) is 1. The van der Waals surface area contributed by atoms with Crippen LogP contribution >= 0.6 is 0 Å². The Morgan fingerprint density at radius 2 is 1.85 bits per heavy atom. The minimum atomic E-state index is -4.59. The summed E-state index contributed by atoms with van der Waals surface area (Å²) in [5.41, 5.74) is 6.55. The first-order chi connectivity index (χ1) is 16.2. The fraction of sp³-hybridized carbons (Fsp3) is 0.304. The highest BCUT2D eigenvalue weighted by molar-refractivity contribution is 6.07. The summed E-state index contributed by atoms with van der Waals surface area (Å²) < 4.78 is 45.2. The Morgan fingerprint density at radius 1 is 1.12 bits per heavy atom. The number of rotatable bonds is 7. The third kappa shape index (κ3) is 4.57. The molecule has 1 unspecified atom stereocenters. The molecule has 2 heterocycles. The van der Waals surface area contributed by atoms with E-state index in [-0.39, 0.29) is 50.1 Å². The van der Waals surface area contributed by atoms with Crippen molar-refractivity contribution in [2.45, 2.75) is 12.2 Å². The van der Waals surface area contributed by atoms with E-state index >= 15 is 0 Å². The SMILES string of the molecule is Nc1ccc(C2NC(=O)N(c3cccc(C(F)(F)F)c3)C3=C2C(=O)N(CCOCCO)C3)cc1. The number of nitrogens with zero attached hydrogens (tertiary/aromatic N) is 2. The molecule has 1 atom stereocenters. The van der Waals surface area contributed by atoms with Crippen LogP contribution in [0.3, 0.4) is 0 Å². The van der Waals surface area contributed by atoms with Crippen molar-refractivity contribution in [1.82, 2.24) is 10.2 Å². The van der Waals surface area contributed by atoms with Gasteiger partial charge in [0, 0.05) is 12.2 Å². The number of carbonyl (C=O) groups excluding carboxylic acids is 2. The molecule has 3 amide bonds. The van der Waals surface area contributed by atoms with E-state index in [9.17, 15) is 22.8 Å². The van der Waals surface area contributed by atoms with Crippen LogP contribution in [0, 0.1) is 0 Å². The zero-order valence-corrected chi connectivity index (χ0v) is 18.0. The van der Waals surface area contributed by atoms with Gasteiger partial charge in [-0.15, -0.1) is 0 Å². The van der Waals surface area contributed by atoms with Crippen molar-refractivity contribution >= 4 is 23.3 Å². The largest absolute Gasteiger partial charge is 0.416 e. The first-order valence-electron chi connectivity index (χ1n) is 10.5. The van der Waals surface area contributed by atoms with Gasteiger partial charge in [0.2, 0.25) is 0 Å². The van der Waals surface area contributed by atoms with E-state index in [2.05, 4.69) is 5.32 Å². The molecule has 8 nitrogen and oxygen atoms in total. The second-order valence-corrected chi connectivity index (χ2v) is 7.86. The predicted molar refractivity (Wildman–Crippen MR) is 118 cm³/mol. The van der Waals surface area contributed by atoms with E-state index in [0.717, 1.165) is 17.0 Å². The van der Waals surface area contributed by atoms with E-state index in [0.29, 0.717) is 16.9 Å². The van der Waals surface area contributed by atoms with Gasteiger partial charge in [0.05, 0.1) is 54.9 Å². The Hall–Kier alpha value is -3.57. The highest BCUT2D eigenvalue weighted by Gasteiger charge is 2.45. The molecular formula is C23H23F3N4O4. The maximum Gasteiger partial charge on any atom is 0.416 e. The van der Waals surface area contributed by atoms with Crippen LogP contribution in [0.15, 0.2) is 59.8 Å². The first kappa shape index (κ1) is 23.6. The number of hydrogen-bond donors (Lipinski definition) is 3. The van der Waals surface area contributed by atoms with Crippen molar-refractivity contribution in [2.75, 3.05) is 43.5 Å². The quantitative estimate of drug-likeness (QED) is 0.421. The molecule has 2 aromatic carbocycles. The fourth-order valence-corrected chi connectivity index (χ4v) is 4.05. The fourth-order valence-electron chi connectivity index (χ4n) is 4.05. The molecular weight excluding hydrogens is 453 g/mol. The molecule has 11 heteroatoms. The highest BCUT2D eigenvalue weighted by atomic mass is 19.4. The minimum absolute atomic E-state index is 0.00163. The van der Waals surface area contributed by atoms with Gasteiger partial charge < -0.3 is 25.8 Å². The van der Waals surface area contributed by atoms with Crippen LogP contribution in [0.2, 0.25) is 0 Å². The number of nitrogens with two attached hydrogens (primary N) is 1. The second kappa shape index (κ2) is 9.35. The molecule has 34 heavy (non-hydrogen) atoms. The summed E-state index contributed by atoms with van der Waals surface area (Å²) in [4.78, 5) is 29.1. The Bertz CT molecular complexity index is 1120. The molecule has 2 aliphatic rings. The van der Waals surface area contributed by atoms with Crippen molar-refractivity contribution < 1.29 is 32.6 Å². The molecule has 4 rings (SSSR count). The monoisotopic (exact) mass is 476 g/mol. The van der Waals surface area contributed by atoms with Crippen molar-refractivity contribution in [2.24, 2.45) is 0 Å². The zero-order chi connectivity index (χ0) is 24.5. The van der Waals surface area contributed by atoms with Gasteiger partial charge in [-0.2, -0.15) is 13.2 Å². The molecule has 0 aliphatic carbocycles. The Balaban J connectivity index is 1.74. The van der Waals surface area contributed by atoms with E-state index in [1.807, 2.05) is 0 Å². The predicted octanol–water partition coefficient (Wildman–Crippen LogP) is 2.66. The third-order valence-electron chi connectivity index (χ3n) is 5.64. The summed E-state index contributed by atoms with van der Waals surface area (Å²) in [5.74, 6) is -0.360. The number of urea groups is 1. The van der Waals surface area contributed by atoms with Crippen molar-refractivity contribution in [1.29, 1.82) is 0 Å². The van der Waals surface area contributed by atoms with Crippen molar-refractivity contribution in [3.8, 4) is 0 Å². The summed E-state index contributed by atoms with van der Waals surface area (Å²) in [6.45, 7) is 0.310. The van der Waals surface area contributed by atoms with Crippen LogP contribution in [0.25, 0.3) is 0 Å². The van der Waals surface area contributed by atoms with Crippen LogP contribution < -0.4 is 16.0 Å². The van der Waals surface area contributed by atoms with Gasteiger partial charge >= 0.3 is 12.2 Å². The maximum atomic E-state index is 13.3. The molecule has 0 bridgehead atoms. The number of halogens is 3. The number of nitrogens with one attached hydrogen (secondary N) is 1. The number of benzene rings is 2. The molecule has 0 saturated heterocycles. The molecule has 0 fully saturated rings. The molecule has 4 N–H and O–H groups in total. The number of aliphatic hydroxyl groups is 1. The van der Waals surface area contributed by atoms with Gasteiger partial charge in [-0.3, -0.25) is 9.69 Å². The van der Waals surface area contributed by atoms with Crippen LogP contribution in [0.5, 0.6) is 0 Å². The summed E-state index contributed by atoms with van der Waals surface area (Å²) in [6.07, 6.45) is -4.59. The number of alkyl halides is 3. The summed E-state index contributed by atoms with van der Waals surface area (Å²) >= 11 is 0. The Morgan fingerprint density at radius 3 is 2.53 bits per heavy atom. The molecule has 180 valence electrons. The average Bonchev–Trinajstić information content (AvgIpc) is 3.12. The molecule has 0 spiro atoms. The number of carbonyl (C=O) groups is 2. The van der Waals surface area contributed by atoms with E-state index < -0.39 is 23.8 Å². The summed E-state index contributed by atoms with van der Waals surface area (Å²) in [5, 5.41) is 11.6. The standard InChI is InChI=1S/C23H23F3N4O4/c24-23(25,26)15-2-1-3-17(12-15)30-18-13-29(8-10-34-11-9-31)21(32)19(18)20(28-22(30)33)14-4-6-16(27)7-5-14/h1-7,12,20,31H,8-11,13,27H2,(H,28,33). The van der Waals surface area contributed by atoms with Crippen LogP contribution in [0.4, 0.5) is 29.3 Å². The molecule has 0 aromatic heterocycles. The lowest BCUT2D eigenvalue weighted by Crippen LogP contribution is -2.47. The van der Waals surface area contributed by atoms with Gasteiger partial charge in [-0.1, -0.05) is 18.2 Å². The number of amides is 3. The van der Waals surface area contributed by atoms with Gasteiger partial charge in [0.25, 0.3) is 5.91 Å². The zero-order valence-electron chi connectivity index (χ0n) is 18.0. The third-order valence-corrected chi connectivity index (χ3v) is 5.64. The summed E-state index contributed by atoms with van der Waals surface area (Å²) in [6, 6.07) is 9.62. The number of nitrogen functional groups attached to an aromatic ring is 1. The van der Waals surface area contributed by atoms with E-state index in [1.54, 1.807) is 24.3 Å². The molecule has 0 saturated carbocycles. The van der Waals surface area contributed by atoms with Crippen LogP contribution in [-0.4, -0.2) is 54.9 Å². The van der Waals surface area contributed by atoms with Crippen LogP contribution in [0.1, 0.15) is 17.2 Å². The Kier molecular flexibility index (Phi) is 6.49. The second-order valence-electron chi connectivity index (χ2n) is 7.86. The smallest absolute Gasteiger partial charge is 0.399 e. The van der Waals surface area contributed by atoms with Crippen LogP contribution in [-0.2, 0) is 15.7 Å². The highest BCUT2D eigenvalue weighted by Crippen LogP contribution is 2.40. The molecule has 2 aromatic rings. The Labute approximate surface area is 193 Å². The van der Waals surface area contributed by atoms with E-state index in [4.69, 9.17) is 15.6 Å². The van der Waals surface area contributed by atoms with Gasteiger partial charge in [0.1, 0.15) is 0 Å². The average molecular weight is 476 g/mol. The maximum absolute atomic E-state index is 13.3. The van der Waals surface area contributed by atoms with Crippen molar-refractivity contribution in [3.63, 3.8) is 0 Å². The van der Waals surface area contributed by atoms with Crippen molar-refractivity contribution in [3.05, 3.63) is 70.9 Å². The lowest BCUT2D eigenvalue weighted by Gasteiger charge is -2.34. The lowest BCUT2D eigenvalue weighted by atomic mass is 9.95. The van der Waals surface area contributed by atoms with Gasteiger partial charge in [0.15, 0.2) is 0 Å². The van der Waals surface area contributed by atoms with Gasteiger partial charge in [-0.25, -0.2) is 4.79 Å². The van der Waals surface area contributed by atoms with E-state index in [1.165, 1.54) is 17.0 Å². The lowest BCUT2D eigenvalue weighted by molar-refractivity contribution is -0.137. The normalized spacial score (nSPS) is 18.4. The van der Waals surface area contributed by atoms with Gasteiger partial charge in [-0.05, 0) is 35.9 Å².